The van der Waals surface area contributed by atoms with Crippen molar-refractivity contribution in [3.05, 3.63) is 75.8 Å². The van der Waals surface area contributed by atoms with Crippen molar-refractivity contribution >= 4 is 28.5 Å². The maximum absolute atomic E-state index is 14.6. The van der Waals surface area contributed by atoms with Gasteiger partial charge in [0, 0.05) is 36.7 Å². The second kappa shape index (κ2) is 9.34. The number of likely N-dealkylation sites (tertiary alicyclic amines) is 1. The molecule has 7 heteroatoms. The summed E-state index contributed by atoms with van der Waals surface area (Å²) in [6, 6.07) is 9.85. The second-order valence-electron chi connectivity index (χ2n) is 10.1. The first-order valence-electron chi connectivity index (χ1n) is 11.5. The predicted octanol–water partition coefficient (Wildman–Crippen LogP) is 5.79. The van der Waals surface area contributed by atoms with Crippen LogP contribution in [0, 0.1) is 11.2 Å². The molecule has 0 saturated carbocycles. The van der Waals surface area contributed by atoms with Gasteiger partial charge in [-0.2, -0.15) is 0 Å². The fourth-order valence-electron chi connectivity index (χ4n) is 4.64. The summed E-state index contributed by atoms with van der Waals surface area (Å²) in [6.45, 7) is 11.4. The van der Waals surface area contributed by atoms with Crippen LogP contribution >= 0.6 is 11.6 Å². The van der Waals surface area contributed by atoms with Crippen LogP contribution in [0.2, 0.25) is 5.02 Å². The van der Waals surface area contributed by atoms with Gasteiger partial charge in [-0.25, -0.2) is 9.37 Å². The van der Waals surface area contributed by atoms with Gasteiger partial charge in [-0.3, -0.25) is 14.2 Å². The summed E-state index contributed by atoms with van der Waals surface area (Å²) < 4.78 is 16.3. The van der Waals surface area contributed by atoms with Crippen LogP contribution in [-0.2, 0) is 11.3 Å². The van der Waals surface area contributed by atoms with E-state index in [-0.39, 0.29) is 22.8 Å². The third-order valence-electron chi connectivity index (χ3n) is 6.25. The first kappa shape index (κ1) is 24.1. The van der Waals surface area contributed by atoms with Crippen molar-refractivity contribution in [2.75, 3.05) is 13.1 Å². The minimum absolute atomic E-state index is 0.0804. The molecule has 1 fully saturated rings. The molecule has 0 atom stereocenters. The molecule has 0 N–H and O–H groups in total. The van der Waals surface area contributed by atoms with Crippen LogP contribution in [0.4, 0.5) is 4.39 Å². The summed E-state index contributed by atoms with van der Waals surface area (Å²) >= 11 is 6.65. The van der Waals surface area contributed by atoms with Crippen molar-refractivity contribution in [2.24, 2.45) is 5.41 Å². The SMILES string of the molecule is C=CC(=O)N1CCC(c2cc(=O)n(CC(C)(C)C)c3nc(-c4ccccc4F)c(Cl)cc23)CC1. The zero-order valence-corrected chi connectivity index (χ0v) is 20.5. The molecule has 1 aromatic carbocycles. The number of pyridine rings is 2. The molecule has 0 unspecified atom stereocenters. The molecule has 1 saturated heterocycles. The molecule has 0 bridgehead atoms. The lowest BCUT2D eigenvalue weighted by molar-refractivity contribution is -0.127. The predicted molar refractivity (Wildman–Crippen MR) is 135 cm³/mol. The number of piperidine rings is 1. The van der Waals surface area contributed by atoms with E-state index in [1.807, 2.05) is 0 Å². The Morgan fingerprint density at radius 3 is 2.53 bits per heavy atom. The van der Waals surface area contributed by atoms with E-state index in [2.05, 4.69) is 27.4 Å². The normalized spacial score (nSPS) is 15.0. The molecule has 0 radical (unpaired) electrons. The van der Waals surface area contributed by atoms with Crippen LogP contribution in [0.3, 0.4) is 0 Å². The monoisotopic (exact) mass is 481 g/mol. The molecular formula is C27H29ClFN3O2. The standard InChI is InChI=1S/C27H29ClFN3O2/c1-5-23(33)31-12-10-17(11-13-31)19-15-24(34)32(16-27(2,3)4)26-20(19)14-21(28)25(30-26)18-8-6-7-9-22(18)29/h5-9,14-15,17H,1,10-13,16H2,2-4H3. The van der Waals surface area contributed by atoms with Crippen molar-refractivity contribution < 1.29 is 9.18 Å². The molecule has 4 rings (SSSR count). The number of nitrogens with zero attached hydrogens (tertiary/aromatic N) is 3. The van der Waals surface area contributed by atoms with Gasteiger partial charge >= 0.3 is 0 Å². The zero-order valence-electron chi connectivity index (χ0n) is 19.8. The lowest BCUT2D eigenvalue weighted by Gasteiger charge is -2.32. The third-order valence-corrected chi connectivity index (χ3v) is 6.54. The highest BCUT2D eigenvalue weighted by Gasteiger charge is 2.27. The average molecular weight is 482 g/mol. The van der Waals surface area contributed by atoms with E-state index in [0.717, 1.165) is 23.8 Å². The highest BCUT2D eigenvalue weighted by Crippen LogP contribution is 2.37. The molecule has 3 heterocycles. The van der Waals surface area contributed by atoms with Crippen LogP contribution < -0.4 is 5.56 Å². The highest BCUT2D eigenvalue weighted by atomic mass is 35.5. The molecule has 178 valence electrons. The van der Waals surface area contributed by atoms with Gasteiger partial charge in [-0.1, -0.05) is 51.1 Å². The smallest absolute Gasteiger partial charge is 0.252 e. The summed E-state index contributed by atoms with van der Waals surface area (Å²) in [5, 5.41) is 1.13. The van der Waals surface area contributed by atoms with Crippen molar-refractivity contribution in [3.8, 4) is 11.3 Å². The van der Waals surface area contributed by atoms with Crippen molar-refractivity contribution in [3.63, 3.8) is 0 Å². The molecule has 2 aromatic heterocycles. The molecule has 1 amide bonds. The van der Waals surface area contributed by atoms with E-state index >= 15 is 0 Å². The number of amides is 1. The van der Waals surface area contributed by atoms with Gasteiger partial charge in [0.25, 0.3) is 5.56 Å². The number of fused-ring (bicyclic) bond motifs is 1. The average Bonchev–Trinajstić information content (AvgIpc) is 2.80. The van der Waals surface area contributed by atoms with Gasteiger partial charge in [-0.15, -0.1) is 0 Å². The Labute approximate surface area is 203 Å². The Kier molecular flexibility index (Phi) is 6.63. The van der Waals surface area contributed by atoms with Gasteiger partial charge < -0.3 is 4.90 Å². The van der Waals surface area contributed by atoms with E-state index in [1.54, 1.807) is 39.8 Å². The van der Waals surface area contributed by atoms with Gasteiger partial charge in [0.15, 0.2) is 0 Å². The number of benzene rings is 1. The molecule has 0 spiro atoms. The van der Waals surface area contributed by atoms with E-state index in [4.69, 9.17) is 16.6 Å². The maximum Gasteiger partial charge on any atom is 0.252 e. The quantitative estimate of drug-likeness (QED) is 0.443. The third kappa shape index (κ3) is 4.78. The first-order valence-corrected chi connectivity index (χ1v) is 11.9. The lowest BCUT2D eigenvalue weighted by Crippen LogP contribution is -2.37. The Morgan fingerprint density at radius 2 is 1.91 bits per heavy atom. The number of hydrogen-bond donors (Lipinski definition) is 0. The number of aromatic nitrogens is 2. The summed E-state index contributed by atoms with van der Waals surface area (Å²) in [7, 11) is 0. The number of hydrogen-bond acceptors (Lipinski definition) is 3. The Balaban J connectivity index is 1.89. The van der Waals surface area contributed by atoms with E-state index < -0.39 is 5.82 Å². The van der Waals surface area contributed by atoms with E-state index in [1.165, 1.54) is 12.1 Å². The van der Waals surface area contributed by atoms with Crippen molar-refractivity contribution in [1.29, 1.82) is 0 Å². The van der Waals surface area contributed by atoms with Gasteiger partial charge in [-0.05, 0) is 54.0 Å². The minimum Gasteiger partial charge on any atom is -0.339 e. The molecular weight excluding hydrogens is 453 g/mol. The molecule has 1 aliphatic heterocycles. The summed E-state index contributed by atoms with van der Waals surface area (Å²) in [6.07, 6.45) is 2.78. The van der Waals surface area contributed by atoms with Crippen LogP contribution in [0.5, 0.6) is 0 Å². The number of rotatable bonds is 4. The summed E-state index contributed by atoms with van der Waals surface area (Å²) in [5.74, 6) is -0.412. The number of carbonyl (C=O) groups is 1. The Hall–Kier alpha value is -2.99. The second-order valence-corrected chi connectivity index (χ2v) is 10.5. The van der Waals surface area contributed by atoms with E-state index in [0.29, 0.717) is 41.6 Å². The fraction of sp³-hybridized carbons (Fsp3) is 0.370. The molecule has 5 nitrogen and oxygen atoms in total. The van der Waals surface area contributed by atoms with Crippen LogP contribution in [0.1, 0.15) is 45.1 Å². The minimum atomic E-state index is -0.420. The Morgan fingerprint density at radius 1 is 1.24 bits per heavy atom. The molecule has 1 aliphatic rings. The van der Waals surface area contributed by atoms with Crippen molar-refractivity contribution in [2.45, 2.75) is 46.1 Å². The lowest BCUT2D eigenvalue weighted by atomic mass is 9.87. The van der Waals surface area contributed by atoms with Crippen LogP contribution in [-0.4, -0.2) is 33.4 Å². The summed E-state index contributed by atoms with van der Waals surface area (Å²) in [4.78, 5) is 31.9. The fourth-order valence-corrected chi connectivity index (χ4v) is 4.89. The summed E-state index contributed by atoms with van der Waals surface area (Å²) in [5.41, 5.74) is 1.68. The van der Waals surface area contributed by atoms with E-state index in [9.17, 15) is 14.0 Å². The number of halogens is 2. The molecule has 34 heavy (non-hydrogen) atoms. The van der Waals surface area contributed by atoms with Crippen molar-refractivity contribution in [1.82, 2.24) is 14.5 Å². The maximum atomic E-state index is 14.6. The first-order chi connectivity index (χ1) is 16.1. The highest BCUT2D eigenvalue weighted by molar-refractivity contribution is 6.33. The largest absolute Gasteiger partial charge is 0.339 e. The van der Waals surface area contributed by atoms with Crippen LogP contribution in [0.25, 0.3) is 22.3 Å². The van der Waals surface area contributed by atoms with Crippen LogP contribution in [0.15, 0.2) is 53.8 Å². The molecule has 3 aromatic rings. The van der Waals surface area contributed by atoms with Gasteiger partial charge in [0.1, 0.15) is 11.5 Å². The number of carbonyl (C=O) groups excluding carboxylic acids is 1. The van der Waals surface area contributed by atoms with Gasteiger partial charge in [0.2, 0.25) is 5.91 Å². The Bertz CT molecular complexity index is 1320. The topological polar surface area (TPSA) is 55.2 Å². The zero-order chi connectivity index (χ0) is 24.6. The van der Waals surface area contributed by atoms with Gasteiger partial charge in [0.05, 0.1) is 10.7 Å². The molecule has 0 aliphatic carbocycles.